The fraction of sp³-hybridized carbons (Fsp3) is 0.538. The van der Waals surface area contributed by atoms with Crippen molar-refractivity contribution in [2.45, 2.75) is 38.8 Å². The van der Waals surface area contributed by atoms with Gasteiger partial charge >= 0.3 is 0 Å². The molecule has 2 atom stereocenters. The van der Waals surface area contributed by atoms with Crippen molar-refractivity contribution in [3.05, 3.63) is 33.8 Å². The van der Waals surface area contributed by atoms with E-state index < -0.39 is 0 Å². The van der Waals surface area contributed by atoms with Crippen molar-refractivity contribution < 1.29 is 5.11 Å². The van der Waals surface area contributed by atoms with Crippen molar-refractivity contribution in [2.75, 3.05) is 6.61 Å². The summed E-state index contributed by atoms with van der Waals surface area (Å²) in [5.41, 5.74) is 1.01. The zero-order valence-electron chi connectivity index (χ0n) is 10.2. The van der Waals surface area contributed by atoms with Gasteiger partial charge in [-0.05, 0) is 50.5 Å². The molecule has 17 heavy (non-hydrogen) atoms. The molecule has 0 heterocycles. The van der Waals surface area contributed by atoms with Gasteiger partial charge in [0, 0.05) is 28.7 Å². The Hall–Kier alpha value is -0.280. The van der Waals surface area contributed by atoms with Gasteiger partial charge in [-0.2, -0.15) is 0 Å². The Labute approximate surface area is 113 Å². The third-order valence-corrected chi connectivity index (χ3v) is 3.33. The molecular weight excluding hydrogens is 257 g/mol. The van der Waals surface area contributed by atoms with Crippen LogP contribution in [0.3, 0.4) is 0 Å². The molecule has 0 aliphatic heterocycles. The van der Waals surface area contributed by atoms with E-state index in [2.05, 4.69) is 19.2 Å². The number of nitrogens with one attached hydrogen (secondary N) is 1. The van der Waals surface area contributed by atoms with E-state index in [-0.39, 0.29) is 12.6 Å². The fourth-order valence-electron chi connectivity index (χ4n) is 1.84. The summed E-state index contributed by atoms with van der Waals surface area (Å²) < 4.78 is 0. The summed E-state index contributed by atoms with van der Waals surface area (Å²) in [4.78, 5) is 0. The lowest BCUT2D eigenvalue weighted by Gasteiger charge is -2.21. The maximum Gasteiger partial charge on any atom is 0.0454 e. The summed E-state index contributed by atoms with van der Waals surface area (Å²) in [7, 11) is 0. The predicted molar refractivity (Wildman–Crippen MR) is 73.8 cm³/mol. The Kier molecular flexibility index (Phi) is 6.28. The van der Waals surface area contributed by atoms with Crippen LogP contribution in [0.1, 0.15) is 38.3 Å². The molecule has 0 aliphatic carbocycles. The van der Waals surface area contributed by atoms with Crippen LogP contribution in [0.4, 0.5) is 0 Å². The average Bonchev–Trinajstić information content (AvgIpc) is 2.29. The second kappa shape index (κ2) is 7.22. The van der Waals surface area contributed by atoms with Gasteiger partial charge in [0.2, 0.25) is 0 Å². The van der Waals surface area contributed by atoms with Gasteiger partial charge in [0.1, 0.15) is 0 Å². The molecule has 2 unspecified atom stereocenters. The molecule has 0 saturated carbocycles. The van der Waals surface area contributed by atoms with Crippen LogP contribution >= 0.6 is 23.2 Å². The highest BCUT2D eigenvalue weighted by molar-refractivity contribution is 6.33. The standard InChI is InChI=1S/C13H19Cl2NO/c1-9(4-3-7-17)16-10(2)12-8-11(14)5-6-13(12)15/h5-6,8-10,16-17H,3-4,7H2,1-2H3. The van der Waals surface area contributed by atoms with E-state index in [1.165, 1.54) is 0 Å². The number of benzene rings is 1. The van der Waals surface area contributed by atoms with Crippen LogP contribution in [-0.4, -0.2) is 17.8 Å². The van der Waals surface area contributed by atoms with Gasteiger partial charge in [0.15, 0.2) is 0 Å². The Bertz CT molecular complexity index is 357. The summed E-state index contributed by atoms with van der Waals surface area (Å²) in [6.45, 7) is 4.40. The highest BCUT2D eigenvalue weighted by Gasteiger charge is 2.12. The monoisotopic (exact) mass is 275 g/mol. The minimum Gasteiger partial charge on any atom is -0.396 e. The van der Waals surface area contributed by atoms with Gasteiger partial charge in [-0.3, -0.25) is 0 Å². The van der Waals surface area contributed by atoms with Crippen molar-refractivity contribution in [2.24, 2.45) is 0 Å². The van der Waals surface area contributed by atoms with Crippen LogP contribution in [0.15, 0.2) is 18.2 Å². The first-order valence-electron chi connectivity index (χ1n) is 5.86. The van der Waals surface area contributed by atoms with Crippen LogP contribution in [0.5, 0.6) is 0 Å². The molecule has 4 heteroatoms. The fourth-order valence-corrected chi connectivity index (χ4v) is 2.31. The Morgan fingerprint density at radius 2 is 2.00 bits per heavy atom. The molecule has 0 aromatic heterocycles. The molecule has 2 N–H and O–H groups in total. The third kappa shape index (κ3) is 4.84. The molecule has 0 amide bonds. The van der Waals surface area contributed by atoms with Crippen LogP contribution in [0.25, 0.3) is 0 Å². The second-order valence-corrected chi connectivity index (χ2v) is 5.16. The van der Waals surface area contributed by atoms with Crippen LogP contribution in [0.2, 0.25) is 10.0 Å². The molecule has 0 bridgehead atoms. The molecule has 96 valence electrons. The number of hydrogen-bond donors (Lipinski definition) is 2. The normalized spacial score (nSPS) is 14.6. The summed E-state index contributed by atoms with van der Waals surface area (Å²) in [6.07, 6.45) is 1.75. The van der Waals surface area contributed by atoms with Crippen molar-refractivity contribution in [3.63, 3.8) is 0 Å². The zero-order chi connectivity index (χ0) is 12.8. The van der Waals surface area contributed by atoms with E-state index in [0.717, 1.165) is 23.4 Å². The first-order valence-corrected chi connectivity index (χ1v) is 6.62. The zero-order valence-corrected chi connectivity index (χ0v) is 11.7. The van der Waals surface area contributed by atoms with Crippen molar-refractivity contribution >= 4 is 23.2 Å². The molecule has 1 aromatic rings. The highest BCUT2D eigenvalue weighted by Crippen LogP contribution is 2.26. The van der Waals surface area contributed by atoms with Crippen molar-refractivity contribution in [1.29, 1.82) is 0 Å². The molecule has 1 rings (SSSR count). The number of hydrogen-bond acceptors (Lipinski definition) is 2. The topological polar surface area (TPSA) is 32.3 Å². The molecule has 0 fully saturated rings. The van der Waals surface area contributed by atoms with Crippen LogP contribution in [0, 0.1) is 0 Å². The predicted octanol–water partition coefficient (Wildman–Crippen LogP) is 3.81. The van der Waals surface area contributed by atoms with Gasteiger partial charge in [-0.25, -0.2) is 0 Å². The van der Waals surface area contributed by atoms with E-state index in [0.29, 0.717) is 11.1 Å². The molecule has 2 nitrogen and oxygen atoms in total. The number of aliphatic hydroxyl groups excluding tert-OH is 1. The SMILES string of the molecule is CC(CCCO)NC(C)c1cc(Cl)ccc1Cl. The Morgan fingerprint density at radius 3 is 2.65 bits per heavy atom. The summed E-state index contributed by atoms with van der Waals surface area (Å²) in [5.74, 6) is 0. The first-order chi connectivity index (χ1) is 8.04. The Morgan fingerprint density at radius 1 is 1.29 bits per heavy atom. The highest BCUT2D eigenvalue weighted by atomic mass is 35.5. The summed E-state index contributed by atoms with van der Waals surface area (Å²) >= 11 is 12.1. The van der Waals surface area contributed by atoms with Crippen molar-refractivity contribution in [1.82, 2.24) is 5.32 Å². The van der Waals surface area contributed by atoms with E-state index in [9.17, 15) is 0 Å². The maximum atomic E-state index is 8.78. The molecule has 0 aliphatic rings. The molecule has 0 spiro atoms. The smallest absolute Gasteiger partial charge is 0.0454 e. The third-order valence-electron chi connectivity index (χ3n) is 2.75. The van der Waals surface area contributed by atoms with Gasteiger partial charge in [-0.1, -0.05) is 23.2 Å². The Balaban J connectivity index is 2.62. The lowest BCUT2D eigenvalue weighted by Crippen LogP contribution is -2.29. The minimum absolute atomic E-state index is 0.148. The maximum absolute atomic E-state index is 8.78. The van der Waals surface area contributed by atoms with Crippen molar-refractivity contribution in [3.8, 4) is 0 Å². The minimum atomic E-state index is 0.148. The quantitative estimate of drug-likeness (QED) is 0.828. The second-order valence-electron chi connectivity index (χ2n) is 4.32. The molecular formula is C13H19Cl2NO. The average molecular weight is 276 g/mol. The lowest BCUT2D eigenvalue weighted by atomic mass is 10.1. The largest absolute Gasteiger partial charge is 0.396 e. The van der Waals surface area contributed by atoms with Crippen LogP contribution < -0.4 is 5.32 Å². The van der Waals surface area contributed by atoms with Gasteiger partial charge in [-0.15, -0.1) is 0 Å². The van der Waals surface area contributed by atoms with Gasteiger partial charge in [0.25, 0.3) is 0 Å². The van der Waals surface area contributed by atoms with Crippen LogP contribution in [-0.2, 0) is 0 Å². The summed E-state index contributed by atoms with van der Waals surface area (Å²) in [6, 6.07) is 5.98. The van der Waals surface area contributed by atoms with E-state index in [1.807, 2.05) is 12.1 Å². The van der Waals surface area contributed by atoms with E-state index in [1.54, 1.807) is 6.07 Å². The number of rotatable bonds is 6. The number of aliphatic hydroxyl groups is 1. The van der Waals surface area contributed by atoms with Gasteiger partial charge < -0.3 is 10.4 Å². The molecule has 0 saturated heterocycles. The van der Waals surface area contributed by atoms with E-state index in [4.69, 9.17) is 28.3 Å². The molecule has 0 radical (unpaired) electrons. The first kappa shape index (κ1) is 14.8. The van der Waals surface area contributed by atoms with Gasteiger partial charge in [0.05, 0.1) is 0 Å². The number of halogens is 2. The van der Waals surface area contributed by atoms with E-state index >= 15 is 0 Å². The molecule has 1 aromatic carbocycles. The summed E-state index contributed by atoms with van der Waals surface area (Å²) in [5, 5.41) is 13.6. The lowest BCUT2D eigenvalue weighted by molar-refractivity contribution is 0.274.